The van der Waals surface area contributed by atoms with Gasteiger partial charge in [0.25, 0.3) is 5.91 Å². The van der Waals surface area contributed by atoms with Crippen LogP contribution in [0.5, 0.6) is 0 Å². The summed E-state index contributed by atoms with van der Waals surface area (Å²) < 4.78 is 1.00. The first-order chi connectivity index (χ1) is 9.65. The Morgan fingerprint density at radius 1 is 1.35 bits per heavy atom. The number of benzene rings is 1. The number of hydrogen-bond acceptors (Lipinski definition) is 4. The van der Waals surface area contributed by atoms with Crippen molar-refractivity contribution in [1.82, 2.24) is 5.43 Å². The van der Waals surface area contributed by atoms with Crippen LogP contribution in [-0.4, -0.2) is 18.2 Å². The van der Waals surface area contributed by atoms with E-state index in [1.165, 1.54) is 0 Å². The van der Waals surface area contributed by atoms with Gasteiger partial charge in [0, 0.05) is 15.0 Å². The van der Waals surface area contributed by atoms with Gasteiger partial charge >= 0.3 is 0 Å². The Morgan fingerprint density at radius 3 is 2.75 bits per heavy atom. The van der Waals surface area contributed by atoms with Gasteiger partial charge in [-0.3, -0.25) is 4.79 Å². The van der Waals surface area contributed by atoms with E-state index >= 15 is 0 Å². The summed E-state index contributed by atoms with van der Waals surface area (Å²) in [6, 6.07) is 11.2. The summed E-state index contributed by atoms with van der Waals surface area (Å²) in [5, 5.41) is 9.00. The molecule has 0 spiro atoms. The summed E-state index contributed by atoms with van der Waals surface area (Å²) in [6.45, 7) is 1.79. The molecule has 0 saturated carbocycles. The molecular weight excluding hydrogens is 338 g/mol. The third-order valence-electron chi connectivity index (χ3n) is 2.53. The number of rotatable bonds is 5. The van der Waals surface area contributed by atoms with Crippen molar-refractivity contribution in [1.29, 1.82) is 0 Å². The van der Waals surface area contributed by atoms with Gasteiger partial charge < -0.3 is 5.32 Å². The topological polar surface area (TPSA) is 53.5 Å². The van der Waals surface area contributed by atoms with Crippen molar-refractivity contribution >= 4 is 45.1 Å². The Morgan fingerprint density at radius 2 is 2.10 bits per heavy atom. The van der Waals surface area contributed by atoms with Crippen LogP contribution in [0, 0.1) is 0 Å². The third-order valence-corrected chi connectivity index (χ3v) is 3.87. The predicted molar refractivity (Wildman–Crippen MR) is 87.3 cm³/mol. The summed E-state index contributed by atoms with van der Waals surface area (Å²) in [4.78, 5) is 12.8. The van der Waals surface area contributed by atoms with Crippen LogP contribution in [0.3, 0.4) is 0 Å². The smallest absolute Gasteiger partial charge is 0.262 e. The van der Waals surface area contributed by atoms with Crippen LogP contribution in [0.25, 0.3) is 0 Å². The minimum atomic E-state index is -0.364. The molecule has 0 aliphatic carbocycles. The van der Waals surface area contributed by atoms with Gasteiger partial charge in [0.1, 0.15) is 6.04 Å². The zero-order valence-corrected chi connectivity index (χ0v) is 13.2. The number of hydrogen-bond donors (Lipinski definition) is 2. The SMILES string of the molecule is CC(Nc1ccc(Br)cc1)C(=O)N/N=C/c1cccs1. The number of carbonyl (C=O) groups is 1. The highest BCUT2D eigenvalue weighted by atomic mass is 79.9. The molecule has 1 aromatic carbocycles. The minimum Gasteiger partial charge on any atom is -0.374 e. The van der Waals surface area contributed by atoms with Crippen LogP contribution in [0.2, 0.25) is 0 Å². The normalized spacial score (nSPS) is 12.3. The Kier molecular flexibility index (Phi) is 5.31. The molecule has 2 aromatic rings. The standard InChI is InChI=1S/C14H14BrN3OS/c1-10(17-12-6-4-11(15)5-7-12)14(19)18-16-9-13-3-2-8-20-13/h2-10,17H,1H3,(H,18,19)/b16-9+. The number of halogens is 1. The van der Waals surface area contributed by atoms with E-state index in [1.807, 2.05) is 41.8 Å². The highest BCUT2D eigenvalue weighted by molar-refractivity contribution is 9.10. The third kappa shape index (κ3) is 4.47. The van der Waals surface area contributed by atoms with Gasteiger partial charge in [-0.15, -0.1) is 11.3 Å². The molecule has 0 aliphatic rings. The van der Waals surface area contributed by atoms with Crippen LogP contribution >= 0.6 is 27.3 Å². The average Bonchev–Trinajstić information content (AvgIpc) is 2.94. The van der Waals surface area contributed by atoms with Gasteiger partial charge in [-0.25, -0.2) is 5.43 Å². The molecule has 1 heterocycles. The Hall–Kier alpha value is -1.66. The van der Waals surface area contributed by atoms with Crippen molar-refractivity contribution in [3.8, 4) is 0 Å². The maximum Gasteiger partial charge on any atom is 0.262 e. The lowest BCUT2D eigenvalue weighted by Crippen LogP contribution is -2.34. The van der Waals surface area contributed by atoms with Gasteiger partial charge in [-0.2, -0.15) is 5.10 Å². The van der Waals surface area contributed by atoms with E-state index in [-0.39, 0.29) is 11.9 Å². The Bertz CT molecular complexity index is 581. The molecule has 1 amide bonds. The average molecular weight is 352 g/mol. The monoisotopic (exact) mass is 351 g/mol. The number of hydrazone groups is 1. The lowest BCUT2D eigenvalue weighted by molar-refractivity contribution is -0.121. The maximum absolute atomic E-state index is 11.8. The molecule has 1 unspecified atom stereocenters. The molecular formula is C14H14BrN3OS. The second-order valence-electron chi connectivity index (χ2n) is 4.12. The fraction of sp³-hybridized carbons (Fsp3) is 0.143. The minimum absolute atomic E-state index is 0.180. The molecule has 0 aliphatic heterocycles. The van der Waals surface area contributed by atoms with Crippen molar-refractivity contribution in [3.63, 3.8) is 0 Å². The van der Waals surface area contributed by atoms with Gasteiger partial charge in [0.05, 0.1) is 6.21 Å². The molecule has 0 radical (unpaired) electrons. The second-order valence-corrected chi connectivity index (χ2v) is 6.02. The van der Waals surface area contributed by atoms with Gasteiger partial charge in [-0.1, -0.05) is 22.0 Å². The summed E-state index contributed by atoms with van der Waals surface area (Å²) in [5.41, 5.74) is 3.40. The van der Waals surface area contributed by atoms with Crippen LogP contribution in [-0.2, 0) is 4.79 Å². The molecule has 4 nitrogen and oxygen atoms in total. The number of amides is 1. The van der Waals surface area contributed by atoms with Crippen molar-refractivity contribution in [2.45, 2.75) is 13.0 Å². The Labute approximate surface area is 130 Å². The summed E-state index contributed by atoms with van der Waals surface area (Å²) in [6.07, 6.45) is 1.63. The number of anilines is 1. The summed E-state index contributed by atoms with van der Waals surface area (Å²) >= 11 is 4.93. The predicted octanol–water partition coefficient (Wildman–Crippen LogP) is 3.46. The second kappa shape index (κ2) is 7.21. The molecule has 1 atom stereocenters. The van der Waals surface area contributed by atoms with E-state index in [4.69, 9.17) is 0 Å². The largest absolute Gasteiger partial charge is 0.374 e. The van der Waals surface area contributed by atoms with Crippen LogP contribution in [0.15, 0.2) is 51.4 Å². The molecule has 0 bridgehead atoms. The first kappa shape index (κ1) is 14.7. The van der Waals surface area contributed by atoms with E-state index in [2.05, 4.69) is 31.8 Å². The van der Waals surface area contributed by atoms with Crippen molar-refractivity contribution in [2.24, 2.45) is 5.10 Å². The molecule has 104 valence electrons. The van der Waals surface area contributed by atoms with E-state index in [1.54, 1.807) is 24.5 Å². The molecule has 2 N–H and O–H groups in total. The fourth-order valence-electron chi connectivity index (χ4n) is 1.48. The quantitative estimate of drug-likeness (QED) is 0.640. The molecule has 0 fully saturated rings. The summed E-state index contributed by atoms with van der Waals surface area (Å²) in [5.74, 6) is -0.180. The zero-order chi connectivity index (χ0) is 14.4. The van der Waals surface area contributed by atoms with Gasteiger partial charge in [0.2, 0.25) is 0 Å². The highest BCUT2D eigenvalue weighted by Crippen LogP contribution is 2.14. The number of nitrogens with one attached hydrogen (secondary N) is 2. The van der Waals surface area contributed by atoms with E-state index in [9.17, 15) is 4.79 Å². The van der Waals surface area contributed by atoms with E-state index in [0.29, 0.717) is 0 Å². The van der Waals surface area contributed by atoms with Crippen molar-refractivity contribution < 1.29 is 4.79 Å². The van der Waals surface area contributed by atoms with E-state index in [0.717, 1.165) is 15.0 Å². The van der Waals surface area contributed by atoms with Crippen molar-refractivity contribution in [2.75, 3.05) is 5.32 Å². The maximum atomic E-state index is 11.8. The molecule has 6 heteroatoms. The molecule has 1 aromatic heterocycles. The fourth-order valence-corrected chi connectivity index (χ4v) is 2.33. The van der Waals surface area contributed by atoms with Gasteiger partial charge in [-0.05, 0) is 42.6 Å². The number of nitrogens with zero attached hydrogens (tertiary/aromatic N) is 1. The first-order valence-electron chi connectivity index (χ1n) is 6.03. The van der Waals surface area contributed by atoms with Gasteiger partial charge in [0.15, 0.2) is 0 Å². The van der Waals surface area contributed by atoms with Crippen LogP contribution in [0.4, 0.5) is 5.69 Å². The zero-order valence-electron chi connectivity index (χ0n) is 10.8. The summed E-state index contributed by atoms with van der Waals surface area (Å²) in [7, 11) is 0. The first-order valence-corrected chi connectivity index (χ1v) is 7.71. The highest BCUT2D eigenvalue weighted by Gasteiger charge is 2.11. The lowest BCUT2D eigenvalue weighted by Gasteiger charge is -2.13. The van der Waals surface area contributed by atoms with Crippen LogP contribution in [0.1, 0.15) is 11.8 Å². The molecule has 2 rings (SSSR count). The number of thiophene rings is 1. The lowest BCUT2D eigenvalue weighted by atomic mass is 10.2. The van der Waals surface area contributed by atoms with Crippen molar-refractivity contribution in [3.05, 3.63) is 51.1 Å². The molecule has 0 saturated heterocycles. The number of carbonyl (C=O) groups excluding carboxylic acids is 1. The van der Waals surface area contributed by atoms with E-state index < -0.39 is 0 Å². The molecule has 20 heavy (non-hydrogen) atoms. The Balaban J connectivity index is 1.84. The van der Waals surface area contributed by atoms with Crippen LogP contribution < -0.4 is 10.7 Å².